The second-order valence-electron chi connectivity index (χ2n) is 7.96. The molecular weight excluding hydrogens is 402 g/mol. The zero-order valence-electron chi connectivity index (χ0n) is 17.3. The van der Waals surface area contributed by atoms with Crippen LogP contribution in [0, 0.1) is 13.8 Å². The first-order valence-corrected chi connectivity index (χ1v) is 10.3. The molecule has 1 aromatic carbocycles. The second kappa shape index (κ2) is 7.40. The minimum atomic E-state index is -2.65. The number of benzene rings is 1. The van der Waals surface area contributed by atoms with Gasteiger partial charge in [-0.25, -0.2) is 18.7 Å². The summed E-state index contributed by atoms with van der Waals surface area (Å²) in [5, 5.41) is 4.92. The summed E-state index contributed by atoms with van der Waals surface area (Å²) in [5.74, 6) is 1.19. The van der Waals surface area contributed by atoms with Gasteiger partial charge < -0.3 is 4.90 Å². The minimum absolute atomic E-state index is 0.314. The Labute approximate surface area is 177 Å². The summed E-state index contributed by atoms with van der Waals surface area (Å²) in [6, 6.07) is 10.4. The summed E-state index contributed by atoms with van der Waals surface area (Å²) >= 11 is 0. The highest BCUT2D eigenvalue weighted by Crippen LogP contribution is 2.36. The highest BCUT2D eigenvalue weighted by molar-refractivity contribution is 5.77. The Balaban J connectivity index is 1.71. The first-order valence-electron chi connectivity index (χ1n) is 10.3. The van der Waals surface area contributed by atoms with Crippen molar-refractivity contribution in [2.75, 3.05) is 11.4 Å². The molecule has 1 unspecified atom stereocenters. The lowest BCUT2D eigenvalue weighted by molar-refractivity contribution is 0.123. The van der Waals surface area contributed by atoms with Crippen LogP contribution in [0.25, 0.3) is 16.6 Å². The van der Waals surface area contributed by atoms with Gasteiger partial charge in [-0.3, -0.25) is 9.36 Å². The lowest BCUT2D eigenvalue weighted by Gasteiger charge is -2.28. The summed E-state index contributed by atoms with van der Waals surface area (Å²) in [4.78, 5) is 24.4. The molecule has 1 aliphatic heterocycles. The Morgan fingerprint density at radius 2 is 1.94 bits per heavy atom. The van der Waals surface area contributed by atoms with Crippen LogP contribution in [0.1, 0.15) is 36.1 Å². The fourth-order valence-corrected chi connectivity index (χ4v) is 4.46. The highest BCUT2D eigenvalue weighted by Gasteiger charge is 2.33. The Hall–Kier alpha value is -3.36. The van der Waals surface area contributed by atoms with Gasteiger partial charge in [0, 0.05) is 24.4 Å². The molecule has 1 saturated heterocycles. The minimum Gasteiger partial charge on any atom is -0.346 e. The van der Waals surface area contributed by atoms with Crippen LogP contribution < -0.4 is 10.5 Å². The zero-order chi connectivity index (χ0) is 21.7. The molecule has 0 saturated carbocycles. The predicted molar refractivity (Wildman–Crippen MR) is 114 cm³/mol. The molecule has 1 atom stereocenters. The molecule has 5 rings (SSSR count). The van der Waals surface area contributed by atoms with E-state index in [2.05, 4.69) is 15.0 Å². The molecular formula is C22H22F2N6O. The molecule has 4 heterocycles. The Morgan fingerprint density at radius 3 is 2.74 bits per heavy atom. The monoisotopic (exact) mass is 424 g/mol. The van der Waals surface area contributed by atoms with Crippen LogP contribution >= 0.6 is 0 Å². The van der Waals surface area contributed by atoms with E-state index < -0.39 is 18.5 Å². The number of hydrogen-bond donors (Lipinski definition) is 0. The third-order valence-corrected chi connectivity index (χ3v) is 5.72. The van der Waals surface area contributed by atoms with Crippen LogP contribution in [-0.4, -0.2) is 37.1 Å². The van der Waals surface area contributed by atoms with Gasteiger partial charge >= 0.3 is 0 Å². The van der Waals surface area contributed by atoms with Crippen molar-refractivity contribution in [1.29, 1.82) is 0 Å². The third kappa shape index (κ3) is 3.34. The van der Waals surface area contributed by atoms with E-state index in [1.54, 1.807) is 28.8 Å². The van der Waals surface area contributed by atoms with Crippen molar-refractivity contribution in [2.24, 2.45) is 0 Å². The number of nitrogens with zero attached hydrogens (tertiary/aromatic N) is 6. The lowest BCUT2D eigenvalue weighted by Crippen LogP contribution is -2.34. The standard InChI is InChI=1S/C22H22F2N6O/c1-13-11-20(30-19(25-13)10-14(2)27-30)28-9-5-8-17(28)21-26-16-7-4-3-6-15(16)22(31)29(21)12-18(23)24/h3-4,6-7,10-11,17-18H,5,8-9,12H2,1-2H3. The highest BCUT2D eigenvalue weighted by atomic mass is 19.3. The van der Waals surface area contributed by atoms with Gasteiger partial charge in [0.15, 0.2) is 5.65 Å². The molecule has 0 amide bonds. The van der Waals surface area contributed by atoms with Crippen LogP contribution in [0.2, 0.25) is 0 Å². The number of aromatic nitrogens is 5. The molecule has 1 aliphatic rings. The summed E-state index contributed by atoms with van der Waals surface area (Å²) in [6.45, 7) is 3.85. The maximum Gasteiger partial charge on any atom is 0.261 e. The number of alkyl halides is 2. The van der Waals surface area contributed by atoms with Crippen LogP contribution in [0.15, 0.2) is 41.2 Å². The van der Waals surface area contributed by atoms with E-state index in [1.807, 2.05) is 26.0 Å². The number of anilines is 1. The number of halogens is 2. The van der Waals surface area contributed by atoms with Crippen LogP contribution in [0.5, 0.6) is 0 Å². The molecule has 0 N–H and O–H groups in total. The van der Waals surface area contributed by atoms with Gasteiger partial charge in [-0.15, -0.1) is 0 Å². The summed E-state index contributed by atoms with van der Waals surface area (Å²) in [6.07, 6.45) is -1.10. The molecule has 7 nitrogen and oxygen atoms in total. The molecule has 1 fully saturated rings. The average Bonchev–Trinajstić information content (AvgIpc) is 3.35. The normalized spacial score (nSPS) is 16.8. The number of hydrogen-bond acceptors (Lipinski definition) is 5. The molecule has 160 valence electrons. The van der Waals surface area contributed by atoms with E-state index in [4.69, 9.17) is 4.98 Å². The Kier molecular flexibility index (Phi) is 4.68. The van der Waals surface area contributed by atoms with Gasteiger partial charge in [0.25, 0.3) is 12.0 Å². The Bertz CT molecular complexity index is 1350. The third-order valence-electron chi connectivity index (χ3n) is 5.72. The molecule has 0 spiro atoms. The van der Waals surface area contributed by atoms with Gasteiger partial charge in [-0.2, -0.15) is 9.61 Å². The van der Waals surface area contributed by atoms with Crippen molar-refractivity contribution in [3.63, 3.8) is 0 Å². The van der Waals surface area contributed by atoms with Gasteiger partial charge in [-0.1, -0.05) is 12.1 Å². The topological polar surface area (TPSA) is 68.3 Å². The van der Waals surface area contributed by atoms with Crippen molar-refractivity contribution in [3.05, 3.63) is 64.0 Å². The van der Waals surface area contributed by atoms with Crippen LogP contribution in [-0.2, 0) is 6.54 Å². The lowest BCUT2D eigenvalue weighted by atomic mass is 10.1. The quantitative estimate of drug-likeness (QED) is 0.500. The van der Waals surface area contributed by atoms with Gasteiger partial charge in [-0.05, 0) is 38.8 Å². The number of aryl methyl sites for hydroxylation is 2. The van der Waals surface area contributed by atoms with Crippen LogP contribution in [0.3, 0.4) is 0 Å². The van der Waals surface area contributed by atoms with Crippen molar-refractivity contribution in [1.82, 2.24) is 24.1 Å². The van der Waals surface area contributed by atoms with Gasteiger partial charge in [0.2, 0.25) is 0 Å². The second-order valence-corrected chi connectivity index (χ2v) is 7.96. The summed E-state index contributed by atoms with van der Waals surface area (Å²) in [7, 11) is 0. The fraction of sp³-hybridized carbons (Fsp3) is 0.364. The number of fused-ring (bicyclic) bond motifs is 2. The predicted octanol–water partition coefficient (Wildman–Crippen LogP) is 3.66. The fourth-order valence-electron chi connectivity index (χ4n) is 4.46. The first kappa shape index (κ1) is 19.6. The maximum absolute atomic E-state index is 13.4. The Morgan fingerprint density at radius 1 is 1.13 bits per heavy atom. The first-order chi connectivity index (χ1) is 14.9. The van der Waals surface area contributed by atoms with Crippen LogP contribution in [0.4, 0.5) is 14.6 Å². The van der Waals surface area contributed by atoms with E-state index in [0.29, 0.717) is 29.7 Å². The molecule has 0 radical (unpaired) electrons. The van der Waals surface area contributed by atoms with Gasteiger partial charge in [0.05, 0.1) is 29.2 Å². The molecule has 3 aromatic heterocycles. The van der Waals surface area contributed by atoms with E-state index in [0.717, 1.165) is 33.8 Å². The van der Waals surface area contributed by atoms with Gasteiger partial charge in [0.1, 0.15) is 11.6 Å². The smallest absolute Gasteiger partial charge is 0.261 e. The SMILES string of the molecule is Cc1cc(N2CCCC2c2nc3ccccc3c(=O)n2CC(F)F)n2nc(C)cc2n1. The zero-order valence-corrected chi connectivity index (χ0v) is 17.3. The van der Waals surface area contributed by atoms with E-state index in [-0.39, 0.29) is 6.04 Å². The van der Waals surface area contributed by atoms with Crippen molar-refractivity contribution < 1.29 is 8.78 Å². The molecule has 4 aromatic rings. The van der Waals surface area contributed by atoms with E-state index >= 15 is 0 Å². The van der Waals surface area contributed by atoms with E-state index in [9.17, 15) is 13.6 Å². The molecule has 0 aliphatic carbocycles. The van der Waals surface area contributed by atoms with E-state index in [1.165, 1.54) is 0 Å². The average molecular weight is 424 g/mol. The molecule has 31 heavy (non-hydrogen) atoms. The van der Waals surface area contributed by atoms with Crippen molar-refractivity contribution in [3.8, 4) is 0 Å². The summed E-state index contributed by atoms with van der Waals surface area (Å²) in [5.41, 5.74) is 2.50. The maximum atomic E-state index is 13.4. The molecule has 9 heteroatoms. The molecule has 0 bridgehead atoms. The van der Waals surface area contributed by atoms with Crippen molar-refractivity contribution in [2.45, 2.75) is 45.7 Å². The van der Waals surface area contributed by atoms with Crippen molar-refractivity contribution >= 4 is 22.4 Å². The number of para-hydroxylation sites is 1. The largest absolute Gasteiger partial charge is 0.346 e. The number of rotatable bonds is 4. The summed E-state index contributed by atoms with van der Waals surface area (Å²) < 4.78 is 29.8.